The first-order chi connectivity index (χ1) is 25.3. The van der Waals surface area contributed by atoms with Gasteiger partial charge in [-0.2, -0.15) is 5.26 Å². The SMILES string of the molecule is COc1ncc(F)cc1S(=O)(=O)Cc1ccc(F)c(-c2ccc(C(=N)c3ncc(C#N)n3COCC[Si](C)(C)C)c(NCOCC[Si](C)(C)C)c2F)c1F. The summed E-state index contributed by atoms with van der Waals surface area (Å²) in [5.41, 5.74) is -2.59. The lowest BCUT2D eigenvalue weighted by molar-refractivity contribution is 0.0862. The van der Waals surface area contributed by atoms with Gasteiger partial charge in [0.1, 0.15) is 53.3 Å². The summed E-state index contributed by atoms with van der Waals surface area (Å²) in [6, 6.07) is 8.39. The third kappa shape index (κ3) is 10.4. The number of nitrogens with one attached hydrogen (secondary N) is 2. The van der Waals surface area contributed by atoms with Crippen molar-refractivity contribution in [2.45, 2.75) is 68.7 Å². The Hall–Kier alpha value is -4.42. The van der Waals surface area contributed by atoms with Crippen molar-refractivity contribution in [3.8, 4) is 23.1 Å². The second-order valence-electron chi connectivity index (χ2n) is 14.9. The minimum Gasteiger partial charge on any atom is -0.480 e. The topological polar surface area (TPSA) is 152 Å². The van der Waals surface area contributed by atoms with Crippen molar-refractivity contribution in [2.24, 2.45) is 0 Å². The fourth-order valence-corrected chi connectivity index (χ4v) is 8.19. The largest absolute Gasteiger partial charge is 0.480 e. The molecule has 0 saturated heterocycles. The highest BCUT2D eigenvalue weighted by molar-refractivity contribution is 7.90. The number of aromatic nitrogens is 3. The van der Waals surface area contributed by atoms with Gasteiger partial charge < -0.3 is 19.5 Å². The molecular formula is C36H44F4N6O5SSi2. The van der Waals surface area contributed by atoms with Gasteiger partial charge in [0, 0.05) is 46.1 Å². The summed E-state index contributed by atoms with van der Waals surface area (Å²) in [4.78, 5) is 7.22. The van der Waals surface area contributed by atoms with Crippen LogP contribution in [0.3, 0.4) is 0 Å². The third-order valence-electron chi connectivity index (χ3n) is 8.27. The molecule has 11 nitrogen and oxygen atoms in total. The highest BCUT2D eigenvalue weighted by Crippen LogP contribution is 2.37. The minimum atomic E-state index is -4.51. The van der Waals surface area contributed by atoms with E-state index in [0.717, 1.165) is 43.6 Å². The minimum absolute atomic E-state index is 0.0127. The number of nitriles is 1. The molecule has 2 aromatic carbocycles. The average Bonchev–Trinajstić information content (AvgIpc) is 3.50. The molecule has 0 unspecified atom stereocenters. The van der Waals surface area contributed by atoms with Crippen LogP contribution >= 0.6 is 0 Å². The molecule has 0 atom stereocenters. The van der Waals surface area contributed by atoms with Crippen molar-refractivity contribution in [1.29, 1.82) is 10.7 Å². The summed E-state index contributed by atoms with van der Waals surface area (Å²) < 4.78 is 107. The van der Waals surface area contributed by atoms with E-state index in [4.69, 9.17) is 19.6 Å². The first kappa shape index (κ1) is 42.3. The fraction of sp³-hybridized carbons (Fsp3) is 0.389. The number of rotatable bonds is 18. The quantitative estimate of drug-likeness (QED) is 0.0337. The predicted octanol–water partition coefficient (Wildman–Crippen LogP) is 7.81. The molecule has 0 saturated carbocycles. The summed E-state index contributed by atoms with van der Waals surface area (Å²) >= 11 is 0. The van der Waals surface area contributed by atoms with Crippen LogP contribution < -0.4 is 10.1 Å². The Morgan fingerprint density at radius 1 is 0.944 bits per heavy atom. The number of hydrogen-bond donors (Lipinski definition) is 2. The van der Waals surface area contributed by atoms with Crippen LogP contribution in [0.15, 0.2) is 47.6 Å². The molecule has 2 N–H and O–H groups in total. The number of pyridine rings is 1. The molecule has 0 aliphatic rings. The predicted molar refractivity (Wildman–Crippen MR) is 203 cm³/mol. The van der Waals surface area contributed by atoms with E-state index in [1.165, 1.54) is 16.8 Å². The second kappa shape index (κ2) is 17.4. The van der Waals surface area contributed by atoms with Crippen LogP contribution in [0.5, 0.6) is 5.88 Å². The van der Waals surface area contributed by atoms with Crippen LogP contribution in [-0.2, 0) is 31.8 Å². The summed E-state index contributed by atoms with van der Waals surface area (Å²) in [5, 5.41) is 21.7. The number of imidazole rings is 1. The number of benzene rings is 2. The Labute approximate surface area is 314 Å². The number of anilines is 1. The molecular weight excluding hydrogens is 761 g/mol. The molecule has 0 amide bonds. The average molecular weight is 805 g/mol. The van der Waals surface area contributed by atoms with Crippen LogP contribution in [0, 0.1) is 40.0 Å². The first-order valence-electron chi connectivity index (χ1n) is 16.9. The highest BCUT2D eigenvalue weighted by atomic mass is 32.2. The molecule has 290 valence electrons. The Balaban J connectivity index is 1.78. The highest BCUT2D eigenvalue weighted by Gasteiger charge is 2.29. The number of sulfone groups is 1. The van der Waals surface area contributed by atoms with E-state index >= 15 is 13.2 Å². The number of ether oxygens (including phenoxy) is 3. The molecule has 0 radical (unpaired) electrons. The monoisotopic (exact) mass is 804 g/mol. The summed E-state index contributed by atoms with van der Waals surface area (Å²) in [7, 11) is -6.29. The van der Waals surface area contributed by atoms with Gasteiger partial charge in [0.25, 0.3) is 0 Å². The van der Waals surface area contributed by atoms with Gasteiger partial charge in [-0.3, -0.25) is 9.98 Å². The molecule has 0 aliphatic carbocycles. The number of nitrogens with zero attached hydrogens (tertiary/aromatic N) is 4. The van der Waals surface area contributed by atoms with E-state index in [1.807, 2.05) is 6.07 Å². The van der Waals surface area contributed by atoms with Gasteiger partial charge >= 0.3 is 0 Å². The van der Waals surface area contributed by atoms with Gasteiger partial charge in [0.15, 0.2) is 21.5 Å². The zero-order chi connectivity index (χ0) is 40.0. The lowest BCUT2D eigenvalue weighted by atomic mass is 9.96. The van der Waals surface area contributed by atoms with Crippen LogP contribution in [0.1, 0.15) is 22.6 Å². The second-order valence-corrected chi connectivity index (χ2v) is 28.1. The standard InChI is InChI=1S/C36H44F4N6O5SSi2/c1-49-36-29(16-24(37)18-44-36)52(47,48)20-23-8-11-28(38)30(31(23)39)26-9-10-27(34(32(26)40)45-21-50-12-14-53(2,3)4)33(42)35-43-19-25(17-41)46(35)22-51-13-15-54(5,6)7/h8-11,16,18-19,42,45H,12-15,20-22H2,1-7H3. The van der Waals surface area contributed by atoms with Gasteiger partial charge in [-0.1, -0.05) is 51.4 Å². The molecule has 18 heteroatoms. The van der Waals surface area contributed by atoms with Gasteiger partial charge in [-0.25, -0.2) is 35.9 Å². The lowest BCUT2D eigenvalue weighted by Gasteiger charge is -2.20. The Bertz CT molecular complexity index is 2170. The Morgan fingerprint density at radius 2 is 1.61 bits per heavy atom. The molecule has 0 aliphatic heterocycles. The van der Waals surface area contributed by atoms with E-state index in [2.05, 4.69) is 54.6 Å². The normalized spacial score (nSPS) is 12.1. The third-order valence-corrected chi connectivity index (χ3v) is 13.3. The Morgan fingerprint density at radius 3 is 2.24 bits per heavy atom. The van der Waals surface area contributed by atoms with Crippen LogP contribution in [-0.4, -0.2) is 71.9 Å². The molecule has 4 rings (SSSR count). The lowest BCUT2D eigenvalue weighted by Crippen LogP contribution is -2.23. The van der Waals surface area contributed by atoms with E-state index in [-0.39, 0.29) is 41.9 Å². The van der Waals surface area contributed by atoms with Crippen molar-refractivity contribution in [1.82, 2.24) is 14.5 Å². The van der Waals surface area contributed by atoms with Crippen molar-refractivity contribution in [2.75, 3.05) is 32.4 Å². The number of halogens is 4. The zero-order valence-electron chi connectivity index (χ0n) is 31.2. The molecule has 0 bridgehead atoms. The zero-order valence-corrected chi connectivity index (χ0v) is 34.1. The van der Waals surface area contributed by atoms with E-state index in [1.54, 1.807) is 0 Å². The maximum Gasteiger partial charge on any atom is 0.232 e. The van der Waals surface area contributed by atoms with Gasteiger partial charge in [-0.15, -0.1) is 0 Å². The van der Waals surface area contributed by atoms with Crippen LogP contribution in [0.2, 0.25) is 51.4 Å². The maximum absolute atomic E-state index is 16.7. The molecule has 2 aromatic heterocycles. The maximum atomic E-state index is 16.7. The number of hydrogen-bond acceptors (Lipinski definition) is 10. The molecule has 0 spiro atoms. The molecule has 0 fully saturated rings. The smallest absolute Gasteiger partial charge is 0.232 e. The summed E-state index contributed by atoms with van der Waals surface area (Å²) in [6.07, 6.45) is 2.02. The van der Waals surface area contributed by atoms with Gasteiger partial charge in [0.05, 0.1) is 36.5 Å². The van der Waals surface area contributed by atoms with Crippen molar-refractivity contribution in [3.05, 3.63) is 88.6 Å². The molecule has 2 heterocycles. The van der Waals surface area contributed by atoms with Crippen molar-refractivity contribution < 1.29 is 40.2 Å². The fourth-order valence-electron chi connectivity index (χ4n) is 5.19. The van der Waals surface area contributed by atoms with Gasteiger partial charge in [-0.05, 0) is 30.3 Å². The van der Waals surface area contributed by atoms with Crippen molar-refractivity contribution in [3.63, 3.8) is 0 Å². The van der Waals surface area contributed by atoms with Crippen LogP contribution in [0.4, 0.5) is 23.2 Å². The Kier molecular flexibility index (Phi) is 13.6. The van der Waals surface area contributed by atoms with Crippen molar-refractivity contribution >= 4 is 37.4 Å². The van der Waals surface area contributed by atoms with E-state index in [9.17, 15) is 18.1 Å². The molecule has 54 heavy (non-hydrogen) atoms. The van der Waals surface area contributed by atoms with E-state index in [0.29, 0.717) is 19.3 Å². The summed E-state index contributed by atoms with van der Waals surface area (Å²) in [6.45, 7) is 13.5. The number of methoxy groups -OCH3 is 1. The molecule has 4 aromatic rings. The van der Waals surface area contributed by atoms with Crippen LogP contribution in [0.25, 0.3) is 11.1 Å². The summed E-state index contributed by atoms with van der Waals surface area (Å²) in [5.74, 6) is -6.20. The van der Waals surface area contributed by atoms with Gasteiger partial charge in [0.2, 0.25) is 5.88 Å². The van der Waals surface area contributed by atoms with E-state index < -0.39 is 82.5 Å². The first-order valence-corrected chi connectivity index (χ1v) is 26.0.